The Labute approximate surface area is 86.5 Å². The molecule has 1 aromatic rings. The zero-order valence-electron chi connectivity index (χ0n) is 10.1. The van der Waals surface area contributed by atoms with Gasteiger partial charge in [0.05, 0.1) is 11.4 Å². The average Bonchev–Trinajstić information content (AvgIpc) is 2.29. The van der Waals surface area contributed by atoms with E-state index in [9.17, 15) is 0 Å². The van der Waals surface area contributed by atoms with E-state index in [4.69, 9.17) is 0 Å². The Hall–Kier alpha value is -0.860. The molecule has 80 valence electrons. The first-order valence-electron chi connectivity index (χ1n) is 5.19. The van der Waals surface area contributed by atoms with Gasteiger partial charge in [-0.1, -0.05) is 39.8 Å². The molecule has 0 atom stereocenters. The van der Waals surface area contributed by atoms with Gasteiger partial charge in [0, 0.05) is 7.05 Å². The molecule has 3 heteroatoms. The number of aryl methyl sites for hydroxylation is 1. The maximum Gasteiger partial charge on any atom is 0.0884 e. The molecule has 0 aliphatic heterocycles. The summed E-state index contributed by atoms with van der Waals surface area (Å²) in [6.07, 6.45) is 1.03. The molecule has 0 radical (unpaired) electrons. The topological polar surface area (TPSA) is 30.7 Å². The van der Waals surface area contributed by atoms with Crippen LogP contribution in [0, 0.1) is 5.41 Å². The molecule has 0 unspecified atom stereocenters. The van der Waals surface area contributed by atoms with Crippen LogP contribution in [0.3, 0.4) is 0 Å². The van der Waals surface area contributed by atoms with Crippen LogP contribution in [0.15, 0.2) is 0 Å². The van der Waals surface area contributed by atoms with Gasteiger partial charge in [0.25, 0.3) is 0 Å². The van der Waals surface area contributed by atoms with Gasteiger partial charge in [-0.15, -0.1) is 5.10 Å². The number of hydrogen-bond donors (Lipinski definition) is 0. The molecule has 0 spiro atoms. The fraction of sp³-hybridized carbons (Fsp3) is 0.818. The Morgan fingerprint density at radius 3 is 2.29 bits per heavy atom. The predicted molar refractivity (Wildman–Crippen MR) is 58.3 cm³/mol. The molecule has 1 rings (SSSR count). The molecule has 0 bridgehead atoms. The normalized spacial score (nSPS) is 12.5. The van der Waals surface area contributed by atoms with Crippen molar-refractivity contribution in [2.24, 2.45) is 12.5 Å². The zero-order chi connectivity index (χ0) is 10.9. The van der Waals surface area contributed by atoms with Gasteiger partial charge in [-0.3, -0.25) is 4.68 Å². The maximum absolute atomic E-state index is 4.21. The van der Waals surface area contributed by atoms with E-state index in [1.54, 1.807) is 0 Å². The van der Waals surface area contributed by atoms with Gasteiger partial charge >= 0.3 is 0 Å². The third-order valence-electron chi connectivity index (χ3n) is 2.22. The van der Waals surface area contributed by atoms with E-state index < -0.39 is 0 Å². The van der Waals surface area contributed by atoms with Gasteiger partial charge in [0.2, 0.25) is 0 Å². The summed E-state index contributed by atoms with van der Waals surface area (Å²) in [4.78, 5) is 0. The predicted octanol–water partition coefficient (Wildman–Crippen LogP) is 2.53. The second kappa shape index (κ2) is 3.71. The van der Waals surface area contributed by atoms with Crippen molar-refractivity contribution in [2.45, 2.75) is 47.0 Å². The van der Waals surface area contributed by atoms with E-state index in [1.807, 2.05) is 11.7 Å². The molecule has 1 heterocycles. The molecule has 0 saturated carbocycles. The monoisotopic (exact) mass is 195 g/mol. The zero-order valence-corrected chi connectivity index (χ0v) is 10.1. The first-order chi connectivity index (χ1) is 6.31. The lowest BCUT2D eigenvalue weighted by Gasteiger charge is -2.19. The lowest BCUT2D eigenvalue weighted by Crippen LogP contribution is -2.14. The van der Waals surface area contributed by atoms with Gasteiger partial charge in [0.1, 0.15) is 0 Å². The standard InChI is InChI=1S/C11H21N3/c1-8(2)10-9(7-11(3,4)5)14(6)13-12-10/h8H,7H2,1-6H3. The van der Waals surface area contributed by atoms with E-state index in [-0.39, 0.29) is 0 Å². The molecule has 14 heavy (non-hydrogen) atoms. The van der Waals surface area contributed by atoms with Crippen molar-refractivity contribution in [1.82, 2.24) is 15.0 Å². The molecule has 0 N–H and O–H groups in total. The number of hydrogen-bond acceptors (Lipinski definition) is 2. The lowest BCUT2D eigenvalue weighted by atomic mass is 9.88. The van der Waals surface area contributed by atoms with Crippen LogP contribution in [0.25, 0.3) is 0 Å². The van der Waals surface area contributed by atoms with E-state index >= 15 is 0 Å². The minimum absolute atomic E-state index is 0.291. The van der Waals surface area contributed by atoms with E-state index in [0.29, 0.717) is 11.3 Å². The van der Waals surface area contributed by atoms with Crippen molar-refractivity contribution in [3.05, 3.63) is 11.4 Å². The molecule has 1 aromatic heterocycles. The highest BCUT2D eigenvalue weighted by Gasteiger charge is 2.20. The van der Waals surface area contributed by atoms with Crippen molar-refractivity contribution < 1.29 is 0 Å². The van der Waals surface area contributed by atoms with Gasteiger partial charge in [0.15, 0.2) is 0 Å². The van der Waals surface area contributed by atoms with Crippen molar-refractivity contribution in [3.63, 3.8) is 0 Å². The van der Waals surface area contributed by atoms with Crippen molar-refractivity contribution in [2.75, 3.05) is 0 Å². The van der Waals surface area contributed by atoms with Gasteiger partial charge < -0.3 is 0 Å². The van der Waals surface area contributed by atoms with Crippen LogP contribution in [-0.4, -0.2) is 15.0 Å². The minimum atomic E-state index is 0.291. The molecule has 0 aliphatic carbocycles. The van der Waals surface area contributed by atoms with Crippen LogP contribution in [-0.2, 0) is 13.5 Å². The van der Waals surface area contributed by atoms with Crippen LogP contribution in [0.2, 0.25) is 0 Å². The number of aromatic nitrogens is 3. The minimum Gasteiger partial charge on any atom is -0.252 e. The number of nitrogens with zero attached hydrogens (tertiary/aromatic N) is 3. The third kappa shape index (κ3) is 2.56. The molecule has 0 aromatic carbocycles. The Bertz CT molecular complexity index is 305. The highest BCUT2D eigenvalue weighted by atomic mass is 15.4. The number of rotatable bonds is 2. The van der Waals surface area contributed by atoms with Crippen LogP contribution >= 0.6 is 0 Å². The Morgan fingerprint density at radius 2 is 1.86 bits per heavy atom. The van der Waals surface area contributed by atoms with Crippen molar-refractivity contribution >= 4 is 0 Å². The summed E-state index contributed by atoms with van der Waals surface area (Å²) >= 11 is 0. The highest BCUT2D eigenvalue weighted by molar-refractivity contribution is 5.15. The van der Waals surface area contributed by atoms with E-state index in [1.165, 1.54) is 5.69 Å². The summed E-state index contributed by atoms with van der Waals surface area (Å²) in [6.45, 7) is 11.0. The molecular formula is C11H21N3. The molecule has 0 amide bonds. The lowest BCUT2D eigenvalue weighted by molar-refractivity contribution is 0.395. The summed E-state index contributed by atoms with van der Waals surface area (Å²) in [5, 5.41) is 8.30. The highest BCUT2D eigenvalue weighted by Crippen LogP contribution is 2.24. The molecular weight excluding hydrogens is 174 g/mol. The molecule has 0 saturated heterocycles. The summed E-state index contributed by atoms with van der Waals surface area (Å²) in [7, 11) is 1.97. The van der Waals surface area contributed by atoms with Crippen LogP contribution < -0.4 is 0 Å². The fourth-order valence-electron chi connectivity index (χ4n) is 1.55. The van der Waals surface area contributed by atoms with E-state index in [2.05, 4.69) is 44.9 Å². The fourth-order valence-corrected chi connectivity index (χ4v) is 1.55. The summed E-state index contributed by atoms with van der Waals surface area (Å²) in [5.41, 5.74) is 2.70. The van der Waals surface area contributed by atoms with Crippen molar-refractivity contribution in [3.8, 4) is 0 Å². The van der Waals surface area contributed by atoms with Crippen LogP contribution in [0.5, 0.6) is 0 Å². The van der Waals surface area contributed by atoms with Gasteiger partial charge in [-0.2, -0.15) is 0 Å². The second-order valence-electron chi connectivity index (χ2n) is 5.44. The molecule has 3 nitrogen and oxygen atoms in total. The Balaban J connectivity index is 3.00. The summed E-state index contributed by atoms with van der Waals surface area (Å²) in [6, 6.07) is 0. The van der Waals surface area contributed by atoms with Crippen molar-refractivity contribution in [1.29, 1.82) is 0 Å². The van der Waals surface area contributed by atoms with Gasteiger partial charge in [-0.25, -0.2) is 0 Å². The third-order valence-corrected chi connectivity index (χ3v) is 2.22. The quantitative estimate of drug-likeness (QED) is 0.726. The smallest absolute Gasteiger partial charge is 0.0884 e. The second-order valence-corrected chi connectivity index (χ2v) is 5.44. The summed E-state index contributed by atoms with van der Waals surface area (Å²) < 4.78 is 1.90. The average molecular weight is 195 g/mol. The van der Waals surface area contributed by atoms with Gasteiger partial charge in [-0.05, 0) is 17.8 Å². The first kappa shape index (κ1) is 11.2. The maximum atomic E-state index is 4.21. The van der Waals surface area contributed by atoms with E-state index in [0.717, 1.165) is 12.1 Å². The van der Waals surface area contributed by atoms with Crippen LogP contribution in [0.4, 0.5) is 0 Å². The SMILES string of the molecule is CC(C)c1nnn(C)c1CC(C)(C)C. The first-order valence-corrected chi connectivity index (χ1v) is 5.19. The summed E-state index contributed by atoms with van der Waals surface area (Å²) in [5.74, 6) is 0.459. The Morgan fingerprint density at radius 1 is 1.29 bits per heavy atom. The molecule has 0 aliphatic rings. The molecule has 0 fully saturated rings. The Kier molecular flexibility index (Phi) is 2.98. The largest absolute Gasteiger partial charge is 0.252 e. The van der Waals surface area contributed by atoms with Crippen LogP contribution in [0.1, 0.15) is 51.9 Å².